The Morgan fingerprint density at radius 1 is 0.981 bits per heavy atom. The molecular formula is C47H47N3O4. The predicted molar refractivity (Wildman–Crippen MR) is 218 cm³/mol. The monoisotopic (exact) mass is 717 g/mol. The van der Waals surface area contributed by atoms with Crippen molar-refractivity contribution in [3.63, 3.8) is 0 Å². The van der Waals surface area contributed by atoms with Crippen LogP contribution in [0.3, 0.4) is 0 Å². The Morgan fingerprint density at radius 3 is 2.46 bits per heavy atom. The Labute approximate surface area is 315 Å². The van der Waals surface area contributed by atoms with E-state index in [1.165, 1.54) is 11.1 Å². The zero-order chi connectivity index (χ0) is 37.4. The number of hydrogen-bond acceptors (Lipinski definition) is 5. The number of aryl methyl sites for hydroxylation is 1. The number of aromatic nitrogens is 2. The summed E-state index contributed by atoms with van der Waals surface area (Å²) in [5.41, 5.74) is 7.87. The number of esters is 1. The SMILES string of the molecule is C=C/C=c1\c(=C/C)c2cc(/C=c3/o/c(=N\c4ccccc4C(=O)OCCCC)n(CCc4ccc(OC)cc4)c3=C3CCC3)ccc2n1-c1ccccc1. The lowest BCUT2D eigenvalue weighted by molar-refractivity contribution is 0.0500. The normalized spacial score (nSPS) is 14.2. The number of rotatable bonds is 12. The summed E-state index contributed by atoms with van der Waals surface area (Å²) in [7, 11) is 1.68. The second-order valence-electron chi connectivity index (χ2n) is 13.5. The maximum absolute atomic E-state index is 13.2. The average Bonchev–Trinajstić information content (AvgIpc) is 3.67. The van der Waals surface area contributed by atoms with Crippen molar-refractivity contribution in [1.29, 1.82) is 0 Å². The number of ether oxygens (including phenoxy) is 2. The molecule has 0 aliphatic heterocycles. The molecule has 1 saturated carbocycles. The van der Waals surface area contributed by atoms with Crippen LogP contribution in [0.4, 0.5) is 5.69 Å². The Bertz CT molecular complexity index is 2620. The number of oxazole rings is 1. The van der Waals surface area contributed by atoms with Crippen LogP contribution in [0.2, 0.25) is 0 Å². The van der Waals surface area contributed by atoms with Gasteiger partial charge >= 0.3 is 11.7 Å². The first-order chi connectivity index (χ1) is 26.5. The van der Waals surface area contributed by atoms with Crippen molar-refractivity contribution in [2.45, 2.75) is 58.9 Å². The first-order valence-electron chi connectivity index (χ1n) is 18.9. The van der Waals surface area contributed by atoms with Crippen LogP contribution in [-0.2, 0) is 17.7 Å². The van der Waals surface area contributed by atoms with Gasteiger partial charge in [0.05, 0.1) is 41.2 Å². The maximum Gasteiger partial charge on any atom is 0.340 e. The van der Waals surface area contributed by atoms with Crippen molar-refractivity contribution in [3.8, 4) is 11.4 Å². The Morgan fingerprint density at radius 2 is 1.76 bits per heavy atom. The molecule has 4 aromatic carbocycles. The number of carbonyl (C=O) groups is 1. The molecule has 0 amide bonds. The summed E-state index contributed by atoms with van der Waals surface area (Å²) in [6.07, 6.45) is 13.8. The van der Waals surface area contributed by atoms with E-state index in [4.69, 9.17) is 18.9 Å². The highest BCUT2D eigenvalue weighted by Gasteiger charge is 2.18. The van der Waals surface area contributed by atoms with Gasteiger partial charge in [-0.25, -0.2) is 4.79 Å². The molecular weight excluding hydrogens is 671 g/mol. The first-order valence-corrected chi connectivity index (χ1v) is 18.9. The smallest absolute Gasteiger partial charge is 0.340 e. The Hall–Kier alpha value is -6.08. The number of methoxy groups -OCH3 is 1. The molecule has 1 aliphatic carbocycles. The van der Waals surface area contributed by atoms with Gasteiger partial charge < -0.3 is 18.5 Å². The number of unbranched alkanes of at least 4 members (excludes halogenated alkanes) is 1. The fraction of sp³-hybridized carbons (Fsp3) is 0.234. The van der Waals surface area contributed by atoms with Crippen LogP contribution in [0.5, 0.6) is 5.75 Å². The lowest BCUT2D eigenvalue weighted by Gasteiger charge is -2.16. The summed E-state index contributed by atoms with van der Waals surface area (Å²) in [5, 5.41) is 4.42. The van der Waals surface area contributed by atoms with Crippen LogP contribution in [-0.4, -0.2) is 28.8 Å². The van der Waals surface area contributed by atoms with Crippen LogP contribution in [0, 0.1) is 0 Å². The van der Waals surface area contributed by atoms with Gasteiger partial charge in [0.2, 0.25) is 0 Å². The van der Waals surface area contributed by atoms with E-state index in [0.717, 1.165) is 87.8 Å². The molecule has 1 fully saturated rings. The summed E-state index contributed by atoms with van der Waals surface area (Å²) in [4.78, 5) is 18.3. The van der Waals surface area contributed by atoms with Gasteiger partial charge in [0, 0.05) is 22.8 Å². The topological polar surface area (TPSA) is 70.9 Å². The van der Waals surface area contributed by atoms with Crippen LogP contribution in [0.25, 0.3) is 40.4 Å². The van der Waals surface area contributed by atoms with Crippen LogP contribution in [0.1, 0.15) is 67.4 Å². The van der Waals surface area contributed by atoms with E-state index in [1.807, 2.05) is 42.5 Å². The molecule has 0 N–H and O–H groups in total. The van der Waals surface area contributed by atoms with Crippen molar-refractivity contribution in [2.24, 2.45) is 4.99 Å². The van der Waals surface area contributed by atoms with E-state index in [0.29, 0.717) is 30.1 Å². The number of hydrogen-bond donors (Lipinski definition) is 0. The van der Waals surface area contributed by atoms with Gasteiger partial charge in [0.15, 0.2) is 5.42 Å². The number of para-hydroxylation sites is 2. The number of nitrogens with zero attached hydrogens (tertiary/aromatic N) is 3. The van der Waals surface area contributed by atoms with Gasteiger partial charge in [-0.05, 0) is 116 Å². The summed E-state index contributed by atoms with van der Waals surface area (Å²) < 4.78 is 22.3. The molecule has 7 nitrogen and oxygen atoms in total. The lowest BCUT2D eigenvalue weighted by atomic mass is 9.92. The summed E-state index contributed by atoms with van der Waals surface area (Å²) in [6, 6.07) is 32.5. The predicted octanol–water partition coefficient (Wildman–Crippen LogP) is 7.40. The fourth-order valence-electron chi connectivity index (χ4n) is 7.07. The van der Waals surface area contributed by atoms with Crippen LogP contribution in [0.15, 0.2) is 119 Å². The first kappa shape index (κ1) is 36.3. The summed E-state index contributed by atoms with van der Waals surface area (Å²) in [6.45, 7) is 9.18. The molecule has 0 atom stereocenters. The van der Waals surface area contributed by atoms with E-state index in [1.54, 1.807) is 13.2 Å². The van der Waals surface area contributed by atoms with Gasteiger partial charge in [-0.15, -0.1) is 0 Å². The number of allylic oxidation sites excluding steroid dienone is 1. The minimum absolute atomic E-state index is 0.373. The molecule has 7 heteroatoms. The summed E-state index contributed by atoms with van der Waals surface area (Å²) >= 11 is 0. The van der Waals surface area contributed by atoms with Crippen molar-refractivity contribution in [3.05, 3.63) is 153 Å². The molecule has 274 valence electrons. The van der Waals surface area contributed by atoms with Crippen LogP contribution < -0.4 is 31.8 Å². The second-order valence-corrected chi connectivity index (χ2v) is 13.5. The molecule has 0 bridgehead atoms. The van der Waals surface area contributed by atoms with Gasteiger partial charge in [0.25, 0.3) is 0 Å². The molecule has 2 aromatic heterocycles. The van der Waals surface area contributed by atoms with Crippen molar-refractivity contribution >= 4 is 46.4 Å². The largest absolute Gasteiger partial charge is 0.497 e. The molecule has 0 radical (unpaired) electrons. The van der Waals surface area contributed by atoms with E-state index in [2.05, 4.69) is 102 Å². The molecule has 1 aliphatic rings. The quantitative estimate of drug-likeness (QED) is 0.0978. The van der Waals surface area contributed by atoms with Crippen molar-refractivity contribution in [1.82, 2.24) is 9.13 Å². The minimum Gasteiger partial charge on any atom is -0.497 e. The second kappa shape index (κ2) is 16.7. The zero-order valence-corrected chi connectivity index (χ0v) is 31.4. The molecule has 0 spiro atoms. The number of fused-ring (bicyclic) bond motifs is 1. The Kier molecular flexibility index (Phi) is 11.2. The Balaban J connectivity index is 1.43. The standard InChI is InChI=1S/C47H47N3O4/c1-5-8-30-53-46(51)39-20-12-13-21-41(39)48-47-49(29-28-33-22-25-37(52-4)26-23-33)45(35-16-14-17-35)44(54-47)32-34-24-27-43-40(31-34)38(7-3)42(15-6-2)50(43)36-18-10-9-11-19-36/h6-7,9-13,15,18-27,31-32H,2,5,8,14,16-17,28-30H2,1,3-4H3/b38-7-,42-15+,44-32+,48-47-. The molecule has 54 heavy (non-hydrogen) atoms. The third-order valence-corrected chi connectivity index (χ3v) is 10.0. The molecule has 2 heterocycles. The third kappa shape index (κ3) is 7.53. The molecule has 6 aromatic rings. The highest BCUT2D eigenvalue weighted by molar-refractivity contribution is 5.94. The van der Waals surface area contributed by atoms with Gasteiger partial charge in [-0.1, -0.05) is 80.6 Å². The number of carbonyl (C=O) groups excluding carboxylic acids is 1. The molecule has 7 rings (SSSR count). The minimum atomic E-state index is -0.383. The van der Waals surface area contributed by atoms with Gasteiger partial charge in [0.1, 0.15) is 5.75 Å². The molecule has 0 unspecified atom stereocenters. The highest BCUT2D eigenvalue weighted by Crippen LogP contribution is 2.25. The van der Waals surface area contributed by atoms with Crippen molar-refractivity contribution in [2.75, 3.05) is 13.7 Å². The van der Waals surface area contributed by atoms with Crippen molar-refractivity contribution < 1.29 is 18.7 Å². The van der Waals surface area contributed by atoms with E-state index >= 15 is 0 Å². The van der Waals surface area contributed by atoms with E-state index in [-0.39, 0.29) is 5.97 Å². The zero-order valence-electron chi connectivity index (χ0n) is 31.4. The third-order valence-electron chi connectivity index (χ3n) is 10.0. The van der Waals surface area contributed by atoms with Crippen LogP contribution >= 0.6 is 0 Å². The average molecular weight is 718 g/mol. The lowest BCUT2D eigenvalue weighted by Crippen LogP contribution is -2.37. The number of benzene rings is 4. The van der Waals surface area contributed by atoms with E-state index < -0.39 is 0 Å². The maximum atomic E-state index is 13.2. The molecule has 0 saturated heterocycles. The van der Waals surface area contributed by atoms with Gasteiger partial charge in [-0.3, -0.25) is 4.57 Å². The summed E-state index contributed by atoms with van der Waals surface area (Å²) in [5.74, 6) is 0.441. The highest BCUT2D eigenvalue weighted by atomic mass is 16.5. The van der Waals surface area contributed by atoms with E-state index in [9.17, 15) is 4.79 Å². The fourth-order valence-corrected chi connectivity index (χ4v) is 7.07. The van der Waals surface area contributed by atoms with Gasteiger partial charge in [-0.2, -0.15) is 4.99 Å².